The lowest BCUT2D eigenvalue weighted by Crippen LogP contribution is -2.21. The third-order valence-electron chi connectivity index (χ3n) is 2.27. The average Bonchev–Trinajstić information content (AvgIpc) is 2.37. The zero-order valence-corrected chi connectivity index (χ0v) is 10.9. The predicted octanol–water partition coefficient (Wildman–Crippen LogP) is 2.85. The number of para-hydroxylation sites is 2. The second-order valence-electron chi connectivity index (χ2n) is 3.89. The molecule has 1 aromatic rings. The third kappa shape index (κ3) is 5.59. The number of hydrogen-bond acceptors (Lipinski definition) is 3. The van der Waals surface area contributed by atoms with Crippen molar-refractivity contribution in [3.63, 3.8) is 0 Å². The maximum Gasteiger partial charge on any atom is 0.161 e. The highest BCUT2D eigenvalue weighted by atomic mass is 16.5. The van der Waals surface area contributed by atoms with Crippen molar-refractivity contribution in [3.8, 4) is 11.5 Å². The molecule has 0 unspecified atom stereocenters. The summed E-state index contributed by atoms with van der Waals surface area (Å²) in [5.74, 6) is 1.67. The molecule has 0 spiro atoms. The molecule has 0 fully saturated rings. The fraction of sp³-hybridized carbons (Fsp3) is 0.571. The van der Waals surface area contributed by atoms with Crippen molar-refractivity contribution in [1.82, 2.24) is 5.32 Å². The quantitative estimate of drug-likeness (QED) is 0.670. The Labute approximate surface area is 104 Å². The lowest BCUT2D eigenvalue weighted by atomic mass is 10.3. The van der Waals surface area contributed by atoms with Gasteiger partial charge in [0.1, 0.15) is 6.61 Å². The van der Waals surface area contributed by atoms with E-state index in [-0.39, 0.29) is 0 Å². The summed E-state index contributed by atoms with van der Waals surface area (Å²) in [6, 6.07) is 7.83. The molecule has 0 aromatic heterocycles. The molecule has 0 radical (unpaired) electrons. The number of ether oxygens (including phenoxy) is 2. The normalized spacial score (nSPS) is 10.2. The molecular formula is C14H23NO2. The molecule has 0 amide bonds. The van der Waals surface area contributed by atoms with Crippen molar-refractivity contribution in [2.75, 3.05) is 26.3 Å². The van der Waals surface area contributed by atoms with Crippen LogP contribution < -0.4 is 14.8 Å². The number of benzene rings is 1. The van der Waals surface area contributed by atoms with E-state index in [4.69, 9.17) is 9.47 Å². The van der Waals surface area contributed by atoms with Crippen molar-refractivity contribution in [2.45, 2.75) is 26.7 Å². The Morgan fingerprint density at radius 2 is 1.53 bits per heavy atom. The average molecular weight is 237 g/mol. The Balaban J connectivity index is 2.35. The van der Waals surface area contributed by atoms with Gasteiger partial charge in [-0.15, -0.1) is 0 Å². The summed E-state index contributed by atoms with van der Waals surface area (Å²) in [5, 5.41) is 3.30. The topological polar surface area (TPSA) is 30.5 Å². The van der Waals surface area contributed by atoms with E-state index in [1.54, 1.807) is 0 Å². The first-order chi connectivity index (χ1) is 8.38. The molecule has 3 nitrogen and oxygen atoms in total. The van der Waals surface area contributed by atoms with Gasteiger partial charge in [0.2, 0.25) is 0 Å². The van der Waals surface area contributed by atoms with Gasteiger partial charge in [0.25, 0.3) is 0 Å². The number of hydrogen-bond donors (Lipinski definition) is 1. The van der Waals surface area contributed by atoms with Crippen LogP contribution in [0.2, 0.25) is 0 Å². The van der Waals surface area contributed by atoms with E-state index < -0.39 is 0 Å². The summed E-state index contributed by atoms with van der Waals surface area (Å²) in [5.41, 5.74) is 0. The van der Waals surface area contributed by atoms with Gasteiger partial charge in [0.15, 0.2) is 11.5 Å². The zero-order chi connectivity index (χ0) is 12.3. The van der Waals surface area contributed by atoms with Crippen LogP contribution in [0.15, 0.2) is 24.3 Å². The first-order valence-electron chi connectivity index (χ1n) is 6.43. The van der Waals surface area contributed by atoms with Gasteiger partial charge in [-0.3, -0.25) is 0 Å². The third-order valence-corrected chi connectivity index (χ3v) is 2.27. The minimum Gasteiger partial charge on any atom is -0.490 e. The molecule has 0 saturated heterocycles. The molecule has 0 aliphatic carbocycles. The monoisotopic (exact) mass is 237 g/mol. The molecule has 96 valence electrons. The Morgan fingerprint density at radius 1 is 0.882 bits per heavy atom. The van der Waals surface area contributed by atoms with Crippen LogP contribution in [0.25, 0.3) is 0 Å². The standard InChI is InChI=1S/C14H23NO2/c1-3-9-15-10-12-17-14-8-6-5-7-13(14)16-11-4-2/h5-8,15H,3-4,9-12H2,1-2H3. The maximum atomic E-state index is 5.69. The molecule has 0 heterocycles. The summed E-state index contributed by atoms with van der Waals surface area (Å²) < 4.78 is 11.3. The van der Waals surface area contributed by atoms with Gasteiger partial charge >= 0.3 is 0 Å². The largest absolute Gasteiger partial charge is 0.490 e. The van der Waals surface area contributed by atoms with Crippen LogP contribution in [-0.2, 0) is 0 Å². The summed E-state index contributed by atoms with van der Waals surface area (Å²) in [7, 11) is 0. The number of rotatable bonds is 9. The molecule has 0 saturated carbocycles. The minimum atomic E-state index is 0.673. The van der Waals surface area contributed by atoms with Gasteiger partial charge in [-0.1, -0.05) is 26.0 Å². The summed E-state index contributed by atoms with van der Waals surface area (Å²) >= 11 is 0. The highest BCUT2D eigenvalue weighted by Gasteiger charge is 2.02. The second-order valence-corrected chi connectivity index (χ2v) is 3.89. The molecule has 0 bridgehead atoms. The lowest BCUT2D eigenvalue weighted by Gasteiger charge is -2.12. The van der Waals surface area contributed by atoms with E-state index in [1.165, 1.54) is 0 Å². The van der Waals surface area contributed by atoms with Gasteiger partial charge in [-0.2, -0.15) is 0 Å². The van der Waals surface area contributed by atoms with E-state index in [1.807, 2.05) is 24.3 Å². The summed E-state index contributed by atoms with van der Waals surface area (Å²) in [4.78, 5) is 0. The van der Waals surface area contributed by atoms with Gasteiger partial charge in [-0.25, -0.2) is 0 Å². The van der Waals surface area contributed by atoms with Crippen molar-refractivity contribution < 1.29 is 9.47 Å². The highest BCUT2D eigenvalue weighted by Crippen LogP contribution is 2.26. The smallest absolute Gasteiger partial charge is 0.161 e. The molecule has 0 aliphatic heterocycles. The van der Waals surface area contributed by atoms with E-state index in [0.29, 0.717) is 6.61 Å². The summed E-state index contributed by atoms with van der Waals surface area (Å²) in [6.07, 6.45) is 2.16. The molecular weight excluding hydrogens is 214 g/mol. The minimum absolute atomic E-state index is 0.673. The van der Waals surface area contributed by atoms with E-state index in [2.05, 4.69) is 19.2 Å². The molecule has 17 heavy (non-hydrogen) atoms. The van der Waals surface area contributed by atoms with Crippen LogP contribution in [0.5, 0.6) is 11.5 Å². The van der Waals surface area contributed by atoms with Crippen molar-refractivity contribution in [3.05, 3.63) is 24.3 Å². The van der Waals surface area contributed by atoms with Crippen LogP contribution in [-0.4, -0.2) is 26.3 Å². The Morgan fingerprint density at radius 3 is 2.12 bits per heavy atom. The van der Waals surface area contributed by atoms with Crippen molar-refractivity contribution in [1.29, 1.82) is 0 Å². The molecule has 0 atom stereocenters. The van der Waals surface area contributed by atoms with Crippen LogP contribution >= 0.6 is 0 Å². The lowest BCUT2D eigenvalue weighted by molar-refractivity contribution is 0.268. The van der Waals surface area contributed by atoms with Crippen molar-refractivity contribution >= 4 is 0 Å². The Bertz CT molecular complexity index is 302. The predicted molar refractivity (Wildman–Crippen MR) is 70.9 cm³/mol. The molecule has 1 N–H and O–H groups in total. The number of nitrogens with one attached hydrogen (secondary N) is 1. The second kappa shape index (κ2) is 8.88. The van der Waals surface area contributed by atoms with Gasteiger partial charge in [-0.05, 0) is 31.5 Å². The van der Waals surface area contributed by atoms with Crippen LogP contribution in [0.3, 0.4) is 0 Å². The Kier molecular flexibility index (Phi) is 7.23. The fourth-order valence-electron chi connectivity index (χ4n) is 1.44. The zero-order valence-electron chi connectivity index (χ0n) is 10.9. The maximum absolute atomic E-state index is 5.69. The van der Waals surface area contributed by atoms with Crippen LogP contribution in [0.4, 0.5) is 0 Å². The van der Waals surface area contributed by atoms with E-state index >= 15 is 0 Å². The van der Waals surface area contributed by atoms with E-state index in [0.717, 1.165) is 44.0 Å². The molecule has 3 heteroatoms. The molecule has 1 rings (SSSR count). The van der Waals surface area contributed by atoms with Crippen LogP contribution in [0, 0.1) is 0 Å². The van der Waals surface area contributed by atoms with E-state index in [9.17, 15) is 0 Å². The molecule has 1 aromatic carbocycles. The fourth-order valence-corrected chi connectivity index (χ4v) is 1.44. The van der Waals surface area contributed by atoms with Gasteiger partial charge in [0, 0.05) is 6.54 Å². The van der Waals surface area contributed by atoms with Crippen molar-refractivity contribution in [2.24, 2.45) is 0 Å². The van der Waals surface area contributed by atoms with Crippen LogP contribution in [0.1, 0.15) is 26.7 Å². The first-order valence-corrected chi connectivity index (χ1v) is 6.43. The first kappa shape index (κ1) is 13.8. The van der Waals surface area contributed by atoms with Gasteiger partial charge in [0.05, 0.1) is 6.61 Å². The van der Waals surface area contributed by atoms with Gasteiger partial charge < -0.3 is 14.8 Å². The summed E-state index contributed by atoms with van der Waals surface area (Å²) in [6.45, 7) is 7.56. The Hall–Kier alpha value is -1.22. The molecule has 0 aliphatic rings. The highest BCUT2D eigenvalue weighted by molar-refractivity contribution is 5.39. The SMILES string of the molecule is CCCNCCOc1ccccc1OCCC.